The van der Waals surface area contributed by atoms with Crippen LogP contribution in [0.15, 0.2) is 28.7 Å². The average Bonchev–Trinajstić information content (AvgIpc) is 3.01. The van der Waals surface area contributed by atoms with E-state index in [1.54, 1.807) is 38.2 Å². The highest BCUT2D eigenvalue weighted by Gasteiger charge is 2.19. The summed E-state index contributed by atoms with van der Waals surface area (Å²) in [4.78, 5) is 35.0. The molecule has 1 amide bonds. The van der Waals surface area contributed by atoms with Crippen LogP contribution in [0.25, 0.3) is 11.0 Å². The summed E-state index contributed by atoms with van der Waals surface area (Å²) in [5.41, 5.74) is 4.01. The molecule has 0 N–H and O–H groups in total. The molecule has 0 aliphatic carbocycles. The van der Waals surface area contributed by atoms with Crippen molar-refractivity contribution in [2.24, 2.45) is 0 Å². The molecule has 0 saturated heterocycles. The molecule has 27 heavy (non-hydrogen) atoms. The van der Waals surface area contributed by atoms with Gasteiger partial charge in [0.2, 0.25) is 0 Å². The number of benzene rings is 1. The Bertz CT molecular complexity index is 1040. The molecule has 0 aliphatic rings. The van der Waals surface area contributed by atoms with Crippen LogP contribution < -0.4 is 0 Å². The molecule has 0 unspecified atom stereocenters. The molecule has 0 spiro atoms. The normalized spacial score (nSPS) is 10.9. The lowest BCUT2D eigenvalue weighted by molar-refractivity contribution is 0.0598. The predicted octanol–water partition coefficient (Wildman–Crippen LogP) is 3.21. The number of nitrogens with zero attached hydrogens (tertiary/aromatic N) is 3. The van der Waals surface area contributed by atoms with Crippen molar-refractivity contribution in [2.45, 2.75) is 27.3 Å². The second kappa shape index (κ2) is 7.19. The molecule has 7 nitrogen and oxygen atoms in total. The molecule has 1 aromatic carbocycles. The molecular formula is C20H21N3O4. The zero-order valence-electron chi connectivity index (χ0n) is 16.0. The minimum absolute atomic E-state index is 0.175. The van der Waals surface area contributed by atoms with E-state index in [9.17, 15) is 9.59 Å². The average molecular weight is 367 g/mol. The quantitative estimate of drug-likeness (QED) is 0.658. The molecule has 0 fully saturated rings. The summed E-state index contributed by atoms with van der Waals surface area (Å²) < 4.78 is 10.3. The number of amides is 1. The maximum absolute atomic E-state index is 12.8. The minimum atomic E-state index is -0.463. The van der Waals surface area contributed by atoms with Crippen molar-refractivity contribution in [1.82, 2.24) is 14.9 Å². The van der Waals surface area contributed by atoms with E-state index in [0.29, 0.717) is 28.2 Å². The van der Waals surface area contributed by atoms with Crippen molar-refractivity contribution in [3.05, 3.63) is 58.3 Å². The van der Waals surface area contributed by atoms with Crippen LogP contribution in [0.1, 0.15) is 43.6 Å². The van der Waals surface area contributed by atoms with Crippen LogP contribution in [-0.2, 0) is 11.3 Å². The molecule has 0 bridgehead atoms. The Balaban J connectivity index is 1.82. The van der Waals surface area contributed by atoms with Crippen molar-refractivity contribution in [1.29, 1.82) is 0 Å². The van der Waals surface area contributed by atoms with Crippen LogP contribution in [0.3, 0.4) is 0 Å². The van der Waals surface area contributed by atoms with E-state index in [-0.39, 0.29) is 12.5 Å². The lowest BCUT2D eigenvalue weighted by atomic mass is 10.1. The van der Waals surface area contributed by atoms with Gasteiger partial charge in [-0.2, -0.15) is 0 Å². The third-order valence-electron chi connectivity index (χ3n) is 4.44. The van der Waals surface area contributed by atoms with Crippen LogP contribution in [0.5, 0.6) is 0 Å². The number of fused-ring (bicyclic) bond motifs is 1. The summed E-state index contributed by atoms with van der Waals surface area (Å²) in [5, 5.41) is 0. The summed E-state index contributed by atoms with van der Waals surface area (Å²) in [7, 11) is 2.99. The summed E-state index contributed by atoms with van der Waals surface area (Å²) in [6.07, 6.45) is 0. The fourth-order valence-electron chi connectivity index (χ4n) is 2.82. The van der Waals surface area contributed by atoms with Gasteiger partial charge in [-0.15, -0.1) is 0 Å². The topological polar surface area (TPSA) is 85.5 Å². The van der Waals surface area contributed by atoms with E-state index in [2.05, 4.69) is 9.97 Å². The number of rotatable bonds is 4. The van der Waals surface area contributed by atoms with E-state index in [4.69, 9.17) is 9.15 Å². The second-order valence-electron chi connectivity index (χ2n) is 6.43. The Morgan fingerprint density at radius 1 is 1.07 bits per heavy atom. The van der Waals surface area contributed by atoms with Crippen molar-refractivity contribution >= 4 is 22.9 Å². The van der Waals surface area contributed by atoms with E-state index in [0.717, 1.165) is 16.9 Å². The van der Waals surface area contributed by atoms with Crippen LogP contribution in [0, 0.1) is 20.8 Å². The van der Waals surface area contributed by atoms with Gasteiger partial charge in [0.05, 0.1) is 36.1 Å². The standard InChI is InChI=1S/C20H21N3O4/c1-11-12(2)22-18-8-14(6-7-17(18)21-11)19(24)23(4)10-15-9-16(13(3)27-15)20(25)26-5/h6-9H,10H2,1-5H3. The molecule has 0 aliphatic heterocycles. The summed E-state index contributed by atoms with van der Waals surface area (Å²) >= 11 is 0. The summed E-state index contributed by atoms with van der Waals surface area (Å²) in [6, 6.07) is 6.87. The fourth-order valence-corrected chi connectivity index (χ4v) is 2.82. The van der Waals surface area contributed by atoms with Crippen molar-refractivity contribution < 1.29 is 18.7 Å². The number of ether oxygens (including phenoxy) is 1. The number of aryl methyl sites for hydroxylation is 3. The predicted molar refractivity (Wildman–Crippen MR) is 99.6 cm³/mol. The first-order chi connectivity index (χ1) is 12.8. The van der Waals surface area contributed by atoms with E-state index >= 15 is 0 Å². The van der Waals surface area contributed by atoms with Gasteiger partial charge in [0, 0.05) is 12.6 Å². The van der Waals surface area contributed by atoms with E-state index < -0.39 is 5.97 Å². The Morgan fingerprint density at radius 3 is 2.41 bits per heavy atom. The highest BCUT2D eigenvalue weighted by atomic mass is 16.5. The van der Waals surface area contributed by atoms with Gasteiger partial charge in [0.15, 0.2) is 0 Å². The molecule has 2 aromatic heterocycles. The Hall–Kier alpha value is -3.22. The third-order valence-corrected chi connectivity index (χ3v) is 4.44. The highest BCUT2D eigenvalue weighted by molar-refractivity contribution is 5.97. The molecule has 140 valence electrons. The monoisotopic (exact) mass is 367 g/mol. The lowest BCUT2D eigenvalue weighted by Gasteiger charge is -2.16. The van der Waals surface area contributed by atoms with Crippen LogP contribution >= 0.6 is 0 Å². The highest BCUT2D eigenvalue weighted by Crippen LogP contribution is 2.19. The first-order valence-electron chi connectivity index (χ1n) is 8.48. The molecule has 0 atom stereocenters. The zero-order valence-corrected chi connectivity index (χ0v) is 16.0. The van der Waals surface area contributed by atoms with Crippen LogP contribution in [0.2, 0.25) is 0 Å². The van der Waals surface area contributed by atoms with Crippen molar-refractivity contribution in [2.75, 3.05) is 14.2 Å². The smallest absolute Gasteiger partial charge is 0.341 e. The van der Waals surface area contributed by atoms with Crippen molar-refractivity contribution in [3.63, 3.8) is 0 Å². The minimum Gasteiger partial charge on any atom is -0.465 e. The molecule has 0 saturated carbocycles. The molecule has 2 heterocycles. The number of esters is 1. The number of carbonyl (C=O) groups excluding carboxylic acids is 2. The van der Waals surface area contributed by atoms with Crippen LogP contribution in [-0.4, -0.2) is 40.9 Å². The largest absolute Gasteiger partial charge is 0.465 e. The number of hydrogen-bond donors (Lipinski definition) is 0. The first kappa shape index (κ1) is 18.6. The van der Waals surface area contributed by atoms with Crippen molar-refractivity contribution in [3.8, 4) is 0 Å². The lowest BCUT2D eigenvalue weighted by Crippen LogP contribution is -2.26. The van der Waals surface area contributed by atoms with Gasteiger partial charge >= 0.3 is 5.97 Å². The number of methoxy groups -OCH3 is 1. The SMILES string of the molecule is COC(=O)c1cc(CN(C)C(=O)c2ccc3nc(C)c(C)nc3c2)oc1C. The number of carbonyl (C=O) groups is 2. The molecule has 3 aromatic rings. The van der Waals surface area contributed by atoms with Gasteiger partial charge in [0.1, 0.15) is 17.1 Å². The Kier molecular flexibility index (Phi) is 4.94. The van der Waals surface area contributed by atoms with Crippen LogP contribution in [0.4, 0.5) is 0 Å². The molecule has 7 heteroatoms. The third kappa shape index (κ3) is 3.67. The van der Waals surface area contributed by atoms with Gasteiger partial charge in [-0.3, -0.25) is 4.79 Å². The van der Waals surface area contributed by atoms with Gasteiger partial charge < -0.3 is 14.1 Å². The van der Waals surface area contributed by atoms with Gasteiger partial charge in [-0.05, 0) is 45.0 Å². The fraction of sp³-hybridized carbons (Fsp3) is 0.300. The summed E-state index contributed by atoms with van der Waals surface area (Å²) in [5.74, 6) is 0.334. The van der Waals surface area contributed by atoms with Gasteiger partial charge in [-0.25, -0.2) is 14.8 Å². The maximum Gasteiger partial charge on any atom is 0.341 e. The second-order valence-corrected chi connectivity index (χ2v) is 6.43. The van der Waals surface area contributed by atoms with E-state index in [1.807, 2.05) is 13.8 Å². The molecular weight excluding hydrogens is 346 g/mol. The van der Waals surface area contributed by atoms with Gasteiger partial charge in [0.25, 0.3) is 5.91 Å². The van der Waals surface area contributed by atoms with E-state index in [1.165, 1.54) is 12.0 Å². The van der Waals surface area contributed by atoms with Gasteiger partial charge in [-0.1, -0.05) is 0 Å². The zero-order chi connectivity index (χ0) is 19.7. The summed E-state index contributed by atoms with van der Waals surface area (Å²) in [6.45, 7) is 5.71. The molecule has 0 radical (unpaired) electrons. The number of furan rings is 1. The maximum atomic E-state index is 12.8. The Labute approximate surface area is 157 Å². The Morgan fingerprint density at radius 2 is 1.74 bits per heavy atom. The first-order valence-corrected chi connectivity index (χ1v) is 8.48. The molecule has 3 rings (SSSR count). The number of hydrogen-bond acceptors (Lipinski definition) is 6. The number of aromatic nitrogens is 2.